The number of aromatic amines is 1. The molecule has 3 aromatic rings. The minimum absolute atomic E-state index is 0.0747. The summed E-state index contributed by atoms with van der Waals surface area (Å²) < 4.78 is 20.9. The van der Waals surface area contributed by atoms with Gasteiger partial charge in [-0.25, -0.2) is 9.37 Å². The minimum atomic E-state index is -1.11. The summed E-state index contributed by atoms with van der Waals surface area (Å²) in [6.45, 7) is 3.53. The van der Waals surface area contributed by atoms with Crippen LogP contribution in [0.15, 0.2) is 18.7 Å². The van der Waals surface area contributed by atoms with E-state index < -0.39 is 17.8 Å². The molecule has 11 heteroatoms. The molecule has 0 saturated carbocycles. The Labute approximate surface area is 166 Å². The second kappa shape index (κ2) is 6.92. The van der Waals surface area contributed by atoms with Crippen LogP contribution in [0.3, 0.4) is 0 Å². The molecule has 3 aromatic heterocycles. The number of hydrogen-bond donors (Lipinski definition) is 3. The van der Waals surface area contributed by atoms with Gasteiger partial charge in [-0.2, -0.15) is 14.6 Å². The molecule has 0 aliphatic carbocycles. The zero-order chi connectivity index (χ0) is 20.0. The Kier molecular flexibility index (Phi) is 4.36. The maximum absolute atomic E-state index is 14.1. The molecule has 0 spiro atoms. The van der Waals surface area contributed by atoms with Crippen LogP contribution < -0.4 is 10.2 Å². The van der Waals surface area contributed by atoms with Crippen LogP contribution in [0.5, 0.6) is 0 Å². The number of ether oxygens (including phenoxy) is 1. The van der Waals surface area contributed by atoms with Crippen molar-refractivity contribution in [3.05, 3.63) is 18.7 Å². The van der Waals surface area contributed by atoms with Crippen LogP contribution in [0, 0.1) is 0 Å². The summed E-state index contributed by atoms with van der Waals surface area (Å²) in [6.07, 6.45) is 5.14. The molecule has 2 aliphatic heterocycles. The summed E-state index contributed by atoms with van der Waals surface area (Å²) in [5, 5.41) is 24.9. The van der Waals surface area contributed by atoms with Gasteiger partial charge < -0.3 is 20.1 Å². The summed E-state index contributed by atoms with van der Waals surface area (Å²) in [7, 11) is 0. The molecular formula is C18H23FN8O2. The van der Waals surface area contributed by atoms with Gasteiger partial charge >= 0.3 is 0 Å². The first-order valence-electron chi connectivity index (χ1n) is 9.70. The van der Waals surface area contributed by atoms with Crippen molar-refractivity contribution in [3.63, 3.8) is 0 Å². The fourth-order valence-corrected chi connectivity index (χ4v) is 3.96. The minimum Gasteiger partial charge on any atom is -0.388 e. The third-order valence-electron chi connectivity index (χ3n) is 5.50. The van der Waals surface area contributed by atoms with Gasteiger partial charge in [0.15, 0.2) is 5.65 Å². The number of hydrogen-bond acceptors (Lipinski definition) is 8. The Morgan fingerprint density at radius 3 is 3.07 bits per heavy atom. The summed E-state index contributed by atoms with van der Waals surface area (Å²) in [4.78, 5) is 11.3. The second-order valence-corrected chi connectivity index (χ2v) is 7.93. The van der Waals surface area contributed by atoms with E-state index >= 15 is 0 Å². The smallest absolute Gasteiger partial charge is 0.243 e. The van der Waals surface area contributed by atoms with E-state index in [0.29, 0.717) is 49.8 Å². The summed E-state index contributed by atoms with van der Waals surface area (Å²) >= 11 is 0. The van der Waals surface area contributed by atoms with E-state index in [-0.39, 0.29) is 6.61 Å². The van der Waals surface area contributed by atoms with Crippen LogP contribution in [0.25, 0.3) is 16.9 Å². The largest absolute Gasteiger partial charge is 0.388 e. The molecule has 29 heavy (non-hydrogen) atoms. The summed E-state index contributed by atoms with van der Waals surface area (Å²) in [6, 6.07) is -0.390. The van der Waals surface area contributed by atoms with Gasteiger partial charge in [-0.3, -0.25) is 5.10 Å². The maximum Gasteiger partial charge on any atom is 0.243 e. The Hall–Kier alpha value is -2.79. The normalized spacial score (nSPS) is 27.6. The predicted molar refractivity (Wildman–Crippen MR) is 104 cm³/mol. The highest BCUT2D eigenvalue weighted by Gasteiger charge is 2.35. The average Bonchev–Trinajstić information content (AvgIpc) is 3.42. The molecule has 2 saturated heterocycles. The monoisotopic (exact) mass is 402 g/mol. The van der Waals surface area contributed by atoms with Crippen LogP contribution in [-0.2, 0) is 4.74 Å². The average molecular weight is 402 g/mol. The fraction of sp³-hybridized carbons (Fsp3) is 0.556. The fourth-order valence-electron chi connectivity index (χ4n) is 3.96. The SMILES string of the molecule is C[C@@]1(O)CCN(c2c(-c3cn[nH]c3)ncn3nc(N[C@H]4CCOC[C@H]4F)nc23)C1. The van der Waals surface area contributed by atoms with Gasteiger partial charge in [0.25, 0.3) is 0 Å². The number of fused-ring (bicyclic) bond motifs is 1. The van der Waals surface area contributed by atoms with E-state index in [1.165, 1.54) is 0 Å². The lowest BCUT2D eigenvalue weighted by Crippen LogP contribution is -2.39. The first-order chi connectivity index (χ1) is 14.0. The number of anilines is 2. The van der Waals surface area contributed by atoms with Crippen molar-refractivity contribution in [3.8, 4) is 11.3 Å². The number of β-amino-alcohol motifs (C(OH)–C–C–N with tert-alkyl or cyclic N) is 1. The molecule has 3 atom stereocenters. The summed E-state index contributed by atoms with van der Waals surface area (Å²) in [5.41, 5.74) is 2.11. The molecule has 0 aromatic carbocycles. The van der Waals surface area contributed by atoms with Gasteiger partial charge in [0.1, 0.15) is 23.9 Å². The highest BCUT2D eigenvalue weighted by atomic mass is 19.1. The molecule has 0 unspecified atom stereocenters. The van der Waals surface area contributed by atoms with E-state index in [1.807, 2.05) is 6.92 Å². The van der Waals surface area contributed by atoms with Crippen molar-refractivity contribution in [2.75, 3.05) is 36.5 Å². The summed E-state index contributed by atoms with van der Waals surface area (Å²) in [5.74, 6) is 0.345. The van der Waals surface area contributed by atoms with Crippen LogP contribution in [0.2, 0.25) is 0 Å². The van der Waals surface area contributed by atoms with Gasteiger partial charge in [-0.05, 0) is 19.8 Å². The highest BCUT2D eigenvalue weighted by molar-refractivity contribution is 5.85. The highest BCUT2D eigenvalue weighted by Crippen LogP contribution is 2.36. The van der Waals surface area contributed by atoms with E-state index in [0.717, 1.165) is 11.3 Å². The third kappa shape index (κ3) is 3.40. The number of halogens is 1. The molecule has 0 amide bonds. The molecule has 0 radical (unpaired) electrons. The third-order valence-corrected chi connectivity index (χ3v) is 5.50. The van der Waals surface area contributed by atoms with Crippen LogP contribution >= 0.6 is 0 Å². The molecule has 154 valence electrons. The van der Waals surface area contributed by atoms with Gasteiger partial charge in [-0.15, -0.1) is 5.10 Å². The Balaban J connectivity index is 1.56. The topological polar surface area (TPSA) is 116 Å². The molecule has 2 fully saturated rings. The number of H-pyrrole nitrogens is 1. The number of nitrogens with zero attached hydrogens (tertiary/aromatic N) is 6. The van der Waals surface area contributed by atoms with Crippen molar-refractivity contribution in [1.82, 2.24) is 29.8 Å². The van der Waals surface area contributed by atoms with Gasteiger partial charge in [-0.1, -0.05) is 0 Å². The second-order valence-electron chi connectivity index (χ2n) is 7.93. The van der Waals surface area contributed by atoms with Crippen LogP contribution in [0.1, 0.15) is 19.8 Å². The Morgan fingerprint density at radius 2 is 2.34 bits per heavy atom. The Morgan fingerprint density at radius 1 is 1.45 bits per heavy atom. The van der Waals surface area contributed by atoms with Crippen LogP contribution in [0.4, 0.5) is 16.0 Å². The van der Waals surface area contributed by atoms with Crippen molar-refractivity contribution < 1.29 is 14.2 Å². The van der Waals surface area contributed by atoms with E-state index in [9.17, 15) is 9.50 Å². The van der Waals surface area contributed by atoms with Crippen molar-refractivity contribution in [2.24, 2.45) is 0 Å². The van der Waals surface area contributed by atoms with Gasteiger partial charge in [0.2, 0.25) is 5.95 Å². The Bertz CT molecular complexity index is 1000. The zero-order valence-electron chi connectivity index (χ0n) is 16.0. The first kappa shape index (κ1) is 18.3. The molecule has 5 heterocycles. The lowest BCUT2D eigenvalue weighted by atomic mass is 10.1. The molecule has 5 rings (SSSR count). The number of rotatable bonds is 4. The number of nitrogens with one attached hydrogen (secondary N) is 2. The maximum atomic E-state index is 14.1. The number of aliphatic hydroxyl groups is 1. The lowest BCUT2D eigenvalue weighted by Gasteiger charge is -2.26. The first-order valence-corrected chi connectivity index (χ1v) is 9.70. The van der Waals surface area contributed by atoms with Gasteiger partial charge in [0, 0.05) is 31.5 Å². The van der Waals surface area contributed by atoms with Crippen molar-refractivity contribution in [1.29, 1.82) is 0 Å². The predicted octanol–water partition coefficient (Wildman–Crippen LogP) is 1.01. The van der Waals surface area contributed by atoms with E-state index in [4.69, 9.17) is 4.74 Å². The van der Waals surface area contributed by atoms with E-state index in [1.54, 1.807) is 23.2 Å². The van der Waals surface area contributed by atoms with E-state index in [2.05, 4.69) is 35.5 Å². The molecule has 10 nitrogen and oxygen atoms in total. The molecule has 0 bridgehead atoms. The number of alkyl halides is 1. The lowest BCUT2D eigenvalue weighted by molar-refractivity contribution is 0.0284. The quantitative estimate of drug-likeness (QED) is 0.592. The van der Waals surface area contributed by atoms with Gasteiger partial charge in [0.05, 0.1) is 24.4 Å². The van der Waals surface area contributed by atoms with Crippen LogP contribution in [-0.4, -0.2) is 79.0 Å². The number of aromatic nitrogens is 6. The van der Waals surface area contributed by atoms with Crippen molar-refractivity contribution >= 4 is 17.3 Å². The molecular weight excluding hydrogens is 379 g/mol. The molecule has 2 aliphatic rings. The van der Waals surface area contributed by atoms with Crippen molar-refractivity contribution in [2.45, 2.75) is 37.6 Å². The standard InChI is InChI=1S/C18H23FN8O2/c1-18(28)3-4-26(9-18)15-14(11-6-21-22-7-11)20-10-27-16(15)24-17(25-27)23-13-2-5-29-8-12(13)19/h6-7,10,12-13,28H,2-5,8-9H2,1H3,(H,21,22)(H,23,25)/t12-,13+,18-/m1/s1. The zero-order valence-corrected chi connectivity index (χ0v) is 16.0. The molecule has 3 N–H and O–H groups in total.